The maximum Gasteiger partial charge on any atom is 0.126 e. The lowest BCUT2D eigenvalue weighted by Crippen LogP contribution is -2.29. The Balaban J connectivity index is 1.85. The first-order valence-electron chi connectivity index (χ1n) is 7.09. The second-order valence-corrected chi connectivity index (χ2v) is 5.40. The molecule has 3 N–H and O–H groups in total. The number of hydrogen-bond donors (Lipinski definition) is 2. The lowest BCUT2D eigenvalue weighted by molar-refractivity contribution is 0.529. The van der Waals surface area contributed by atoms with Gasteiger partial charge >= 0.3 is 0 Å². The number of hydrogen-bond acceptors (Lipinski definition) is 2. The van der Waals surface area contributed by atoms with Crippen LogP contribution in [0, 0.1) is 5.82 Å². The van der Waals surface area contributed by atoms with Gasteiger partial charge in [-0.3, -0.25) is 11.3 Å². The van der Waals surface area contributed by atoms with Gasteiger partial charge in [0, 0.05) is 0 Å². The van der Waals surface area contributed by atoms with Crippen molar-refractivity contribution in [1.82, 2.24) is 5.43 Å². The molecule has 2 nitrogen and oxygen atoms in total. The Hall–Kier alpha value is -1.71. The third-order valence-corrected chi connectivity index (χ3v) is 4.11. The van der Waals surface area contributed by atoms with Crippen LogP contribution >= 0.6 is 0 Å². The number of nitrogens with two attached hydrogens (primary N) is 1. The lowest BCUT2D eigenvalue weighted by atomic mass is 9.96. The van der Waals surface area contributed by atoms with Gasteiger partial charge in [0.05, 0.1) is 6.04 Å². The molecule has 1 aliphatic carbocycles. The van der Waals surface area contributed by atoms with Crippen LogP contribution < -0.4 is 11.3 Å². The van der Waals surface area contributed by atoms with Gasteiger partial charge in [-0.2, -0.15) is 0 Å². The maximum absolute atomic E-state index is 13.8. The Morgan fingerprint density at radius 1 is 1.10 bits per heavy atom. The van der Waals surface area contributed by atoms with Crippen molar-refractivity contribution < 1.29 is 4.39 Å². The van der Waals surface area contributed by atoms with E-state index in [1.807, 2.05) is 12.1 Å². The number of fused-ring (bicyclic) bond motifs is 1. The van der Waals surface area contributed by atoms with Crippen molar-refractivity contribution in [2.24, 2.45) is 5.84 Å². The number of hydrazine groups is 1. The van der Waals surface area contributed by atoms with E-state index in [4.69, 9.17) is 5.84 Å². The van der Waals surface area contributed by atoms with Crippen molar-refractivity contribution in [2.45, 2.75) is 31.7 Å². The Morgan fingerprint density at radius 2 is 1.90 bits per heavy atom. The highest BCUT2D eigenvalue weighted by Crippen LogP contribution is 2.27. The van der Waals surface area contributed by atoms with Crippen molar-refractivity contribution in [3.8, 4) is 0 Å². The van der Waals surface area contributed by atoms with Crippen molar-refractivity contribution in [2.75, 3.05) is 0 Å². The molecule has 0 aliphatic heterocycles. The summed E-state index contributed by atoms with van der Waals surface area (Å²) in [6.45, 7) is 0. The molecule has 0 radical (unpaired) electrons. The number of nitrogens with one attached hydrogen (secondary N) is 1. The minimum Gasteiger partial charge on any atom is -0.271 e. The second kappa shape index (κ2) is 5.73. The number of benzene rings is 2. The smallest absolute Gasteiger partial charge is 0.126 e. The molecule has 3 heteroatoms. The summed E-state index contributed by atoms with van der Waals surface area (Å²) >= 11 is 0. The molecule has 0 aromatic heterocycles. The van der Waals surface area contributed by atoms with Gasteiger partial charge in [-0.05, 0) is 54.0 Å². The van der Waals surface area contributed by atoms with E-state index in [1.165, 1.54) is 30.0 Å². The largest absolute Gasteiger partial charge is 0.271 e. The minimum atomic E-state index is -0.172. The first-order valence-corrected chi connectivity index (χ1v) is 7.09. The highest BCUT2D eigenvalue weighted by atomic mass is 19.1. The van der Waals surface area contributed by atoms with Crippen LogP contribution in [0.5, 0.6) is 0 Å². The normalized spacial score (nSPS) is 15.1. The van der Waals surface area contributed by atoms with Crippen LogP contribution in [0.15, 0.2) is 42.5 Å². The third kappa shape index (κ3) is 2.60. The Morgan fingerprint density at radius 3 is 2.70 bits per heavy atom. The molecule has 0 fully saturated rings. The highest BCUT2D eigenvalue weighted by Gasteiger charge is 2.16. The molecule has 2 aromatic rings. The predicted octanol–water partition coefficient (Wildman–Crippen LogP) is 3.06. The summed E-state index contributed by atoms with van der Waals surface area (Å²) in [6.07, 6.45) is 4.10. The Bertz CT molecular complexity index is 610. The van der Waals surface area contributed by atoms with E-state index in [9.17, 15) is 4.39 Å². The van der Waals surface area contributed by atoms with Gasteiger partial charge in [0.1, 0.15) is 5.82 Å². The number of rotatable bonds is 4. The fourth-order valence-corrected chi connectivity index (χ4v) is 2.97. The van der Waals surface area contributed by atoms with Crippen LogP contribution in [0.3, 0.4) is 0 Å². The van der Waals surface area contributed by atoms with Crippen molar-refractivity contribution >= 4 is 0 Å². The van der Waals surface area contributed by atoms with Crippen LogP contribution in [-0.2, 0) is 19.3 Å². The van der Waals surface area contributed by atoms with Gasteiger partial charge in [0.15, 0.2) is 0 Å². The molecule has 104 valence electrons. The third-order valence-electron chi connectivity index (χ3n) is 4.11. The summed E-state index contributed by atoms with van der Waals surface area (Å²) in [4.78, 5) is 0. The zero-order valence-electron chi connectivity index (χ0n) is 11.4. The van der Waals surface area contributed by atoms with Crippen molar-refractivity contribution in [3.05, 3.63) is 70.5 Å². The van der Waals surface area contributed by atoms with Crippen molar-refractivity contribution in [1.29, 1.82) is 0 Å². The average Bonchev–Trinajstić information content (AvgIpc) is 2.94. The summed E-state index contributed by atoms with van der Waals surface area (Å²) in [5.74, 6) is 5.50. The van der Waals surface area contributed by atoms with Gasteiger partial charge < -0.3 is 0 Å². The van der Waals surface area contributed by atoms with Crippen LogP contribution in [-0.4, -0.2) is 0 Å². The summed E-state index contributed by atoms with van der Waals surface area (Å²) in [6, 6.07) is 13.3. The quantitative estimate of drug-likeness (QED) is 0.662. The number of aryl methyl sites for hydroxylation is 2. The van der Waals surface area contributed by atoms with E-state index in [0.717, 1.165) is 12.0 Å². The molecule has 1 atom stereocenters. The molecule has 0 spiro atoms. The van der Waals surface area contributed by atoms with E-state index in [2.05, 4.69) is 23.6 Å². The standard InChI is InChI=1S/C17H19FN2/c18-16-7-2-1-4-14(16)11-17(20-19)15-9-8-12-5-3-6-13(12)10-15/h1-2,4,7-10,17,20H,3,5-6,11,19H2. The molecule has 2 aromatic carbocycles. The molecule has 0 saturated carbocycles. The van der Waals surface area contributed by atoms with Crippen LogP contribution in [0.25, 0.3) is 0 Å². The zero-order valence-corrected chi connectivity index (χ0v) is 11.4. The van der Waals surface area contributed by atoms with E-state index >= 15 is 0 Å². The predicted molar refractivity (Wildman–Crippen MR) is 78.6 cm³/mol. The molecular formula is C17H19FN2. The number of halogens is 1. The molecule has 20 heavy (non-hydrogen) atoms. The monoisotopic (exact) mass is 270 g/mol. The van der Waals surface area contributed by atoms with E-state index in [-0.39, 0.29) is 11.9 Å². The summed E-state index contributed by atoms with van der Waals surface area (Å²) in [5, 5.41) is 0. The van der Waals surface area contributed by atoms with E-state index < -0.39 is 0 Å². The molecule has 0 amide bonds. The molecular weight excluding hydrogens is 251 g/mol. The summed E-state index contributed by atoms with van der Waals surface area (Å²) in [7, 11) is 0. The molecule has 1 aliphatic rings. The lowest BCUT2D eigenvalue weighted by Gasteiger charge is -2.18. The second-order valence-electron chi connectivity index (χ2n) is 5.40. The topological polar surface area (TPSA) is 38.0 Å². The van der Waals surface area contributed by atoms with Crippen LogP contribution in [0.1, 0.15) is 34.7 Å². The molecule has 0 heterocycles. The average molecular weight is 270 g/mol. The minimum absolute atomic E-state index is 0.0576. The molecule has 0 saturated heterocycles. The van der Waals surface area contributed by atoms with Crippen molar-refractivity contribution in [3.63, 3.8) is 0 Å². The maximum atomic E-state index is 13.8. The first-order chi connectivity index (χ1) is 9.78. The fraction of sp³-hybridized carbons (Fsp3) is 0.294. The Kier molecular flexibility index (Phi) is 3.81. The van der Waals surface area contributed by atoms with Gasteiger partial charge in [0.25, 0.3) is 0 Å². The van der Waals surface area contributed by atoms with E-state index in [1.54, 1.807) is 6.07 Å². The summed E-state index contributed by atoms with van der Waals surface area (Å²) in [5.41, 5.74) is 7.50. The first kappa shape index (κ1) is 13.3. The SMILES string of the molecule is NNC(Cc1ccccc1F)c1ccc2c(c1)CCC2. The fourth-order valence-electron chi connectivity index (χ4n) is 2.97. The van der Waals surface area contributed by atoms with Gasteiger partial charge in [-0.15, -0.1) is 0 Å². The van der Waals surface area contributed by atoms with E-state index in [0.29, 0.717) is 12.0 Å². The van der Waals surface area contributed by atoms with Gasteiger partial charge in [-0.25, -0.2) is 4.39 Å². The highest BCUT2D eigenvalue weighted by molar-refractivity contribution is 5.37. The molecule has 1 unspecified atom stereocenters. The van der Waals surface area contributed by atoms with Crippen LogP contribution in [0.2, 0.25) is 0 Å². The van der Waals surface area contributed by atoms with Crippen LogP contribution in [0.4, 0.5) is 4.39 Å². The summed E-state index contributed by atoms with van der Waals surface area (Å²) < 4.78 is 13.8. The zero-order chi connectivity index (χ0) is 13.9. The molecule has 0 bridgehead atoms. The molecule has 3 rings (SSSR count). The van der Waals surface area contributed by atoms with Gasteiger partial charge in [0.2, 0.25) is 0 Å². The Labute approximate surface area is 118 Å². The van der Waals surface area contributed by atoms with Gasteiger partial charge in [-0.1, -0.05) is 36.4 Å².